The number of aromatic hydroxyl groups is 1. The van der Waals surface area contributed by atoms with Gasteiger partial charge in [0.25, 0.3) is 20.1 Å². The molecule has 0 spiro atoms. The van der Waals surface area contributed by atoms with Gasteiger partial charge in [-0.25, -0.2) is 9.69 Å². The second-order valence-corrected chi connectivity index (χ2v) is 40.6. The van der Waals surface area contributed by atoms with Crippen LogP contribution in [0.3, 0.4) is 0 Å². The van der Waals surface area contributed by atoms with Gasteiger partial charge in [-0.3, -0.25) is 20.4 Å². The van der Waals surface area contributed by atoms with Crippen molar-refractivity contribution in [2.75, 3.05) is 16.0 Å². The number of phenols is 1. The van der Waals surface area contributed by atoms with Crippen molar-refractivity contribution in [1.82, 2.24) is 21.0 Å². The predicted molar refractivity (Wildman–Crippen MR) is 342 cm³/mol. The Kier molecular flexibility index (Phi) is 25.2. The smallest absolute Gasteiger partial charge is 0.269 e. The van der Waals surface area contributed by atoms with Gasteiger partial charge >= 0.3 is 0 Å². The molecule has 0 saturated carbocycles. The zero-order valence-corrected chi connectivity index (χ0v) is 57.3. The Labute approximate surface area is 512 Å². The molecule has 0 fully saturated rings. The normalized spacial score (nSPS) is 13.6. The highest BCUT2D eigenvalue weighted by molar-refractivity contribution is 6.75. The largest absolute Gasteiger partial charge is 0.543 e. The van der Waals surface area contributed by atoms with Crippen molar-refractivity contribution >= 4 is 129 Å². The summed E-state index contributed by atoms with van der Waals surface area (Å²) in [6, 6.07) is 14.9. The molecule has 5 aromatic rings. The molecular weight excluding hydrogens is 1210 g/mol. The monoisotopic (exact) mass is 1280 g/mol. The van der Waals surface area contributed by atoms with Crippen LogP contribution in [-0.2, 0) is 13.6 Å². The van der Waals surface area contributed by atoms with Gasteiger partial charge in [0, 0.05) is 22.5 Å². The minimum atomic E-state index is -2.27. The molecule has 0 radical (unpaired) electrons. The Morgan fingerprint density at radius 3 is 1.60 bits per heavy atom. The van der Waals surface area contributed by atoms with E-state index in [1.807, 2.05) is 26.8 Å². The Morgan fingerprint density at radius 2 is 1.15 bits per heavy atom. The van der Waals surface area contributed by atoms with Gasteiger partial charge in [0.2, 0.25) is 23.2 Å². The van der Waals surface area contributed by atoms with Gasteiger partial charge in [-0.05, 0) is 142 Å². The quantitative estimate of drug-likeness (QED) is 0.0275. The number of alkyl halides is 2. The van der Waals surface area contributed by atoms with Crippen molar-refractivity contribution in [2.24, 2.45) is 0 Å². The number of hydrogen-bond acceptors (Lipinski definition) is 11. The Balaban J connectivity index is 0.000000412. The van der Waals surface area contributed by atoms with Crippen LogP contribution in [-0.4, -0.2) is 75.7 Å². The Hall–Kier alpha value is -4.55. The fraction of sp³-hybridized carbons (Fsp3) is 0.474. The third kappa shape index (κ3) is 18.7. The van der Waals surface area contributed by atoms with Crippen LogP contribution in [0, 0.1) is 27.0 Å². The standard InChI is InChI=1S/C31H46Cl2N4O4Si2.C25H30Cl2N4O3Si.CH2Cl2/c1-19-23(15-16-24(34-9)26(19)33)35-27(20(2)40-42(10,11)30(3,4)5)29(39)37-36-28(38)21-14-17-25(22(32)18-21)41-43(12,13)31(6,7)8;1-14-18(10-11-19(28-6)21(14)27)29-22(15(2)34-35(7,8)25(3,4)5)24-31-30-23(33-24)16-9-12-20(32)17(26)13-16;2-1-3/h14-18,20,27,35H,1-8,10-13H3,(H,36,38)(H,37,39);9-13,15,22,29,32H,1-5,7-8H3;1H2/t20-,27-;15-,22-;/m11./s1. The van der Waals surface area contributed by atoms with E-state index in [1.54, 1.807) is 49.4 Å². The van der Waals surface area contributed by atoms with Crippen LogP contribution in [0.25, 0.3) is 21.1 Å². The molecule has 1 aromatic heterocycles. The van der Waals surface area contributed by atoms with Crippen LogP contribution in [0.4, 0.5) is 22.7 Å². The van der Waals surface area contributed by atoms with E-state index in [1.165, 1.54) is 12.1 Å². The highest BCUT2D eigenvalue weighted by Crippen LogP contribution is 2.43. The zero-order valence-electron chi connectivity index (χ0n) is 49.7. The van der Waals surface area contributed by atoms with E-state index in [4.69, 9.17) is 100 Å². The van der Waals surface area contributed by atoms with Crippen molar-refractivity contribution in [1.29, 1.82) is 0 Å². The van der Waals surface area contributed by atoms with Gasteiger partial charge in [0.15, 0.2) is 16.6 Å². The van der Waals surface area contributed by atoms with Gasteiger partial charge in [-0.15, -0.1) is 33.4 Å². The highest BCUT2D eigenvalue weighted by atomic mass is 35.5. The fourth-order valence-corrected chi connectivity index (χ4v) is 11.6. The van der Waals surface area contributed by atoms with Crippen LogP contribution < -0.4 is 25.9 Å². The van der Waals surface area contributed by atoms with Crippen molar-refractivity contribution in [3.05, 3.63) is 126 Å². The van der Waals surface area contributed by atoms with Crippen LogP contribution in [0.2, 0.25) is 74.5 Å². The zero-order chi connectivity index (χ0) is 62.0. The summed E-state index contributed by atoms with van der Waals surface area (Å²) in [7, 11) is -6.53. The van der Waals surface area contributed by atoms with E-state index < -0.39 is 55.0 Å². The molecule has 442 valence electrons. The summed E-state index contributed by atoms with van der Waals surface area (Å²) in [6.07, 6.45) is -0.899. The van der Waals surface area contributed by atoms with Crippen molar-refractivity contribution < 1.29 is 32.4 Å². The summed E-state index contributed by atoms with van der Waals surface area (Å²) in [5.41, 5.74) is 9.30. The Bertz CT molecular complexity index is 3090. The number of carbonyl (C=O) groups is 2. The second-order valence-electron chi connectivity index (χ2n) is 23.9. The summed E-state index contributed by atoms with van der Waals surface area (Å²) >= 11 is 34.9. The maximum Gasteiger partial charge on any atom is 0.269 e. The molecule has 15 nitrogen and oxygen atoms in total. The molecule has 0 aliphatic heterocycles. The minimum Gasteiger partial charge on any atom is -0.543 e. The van der Waals surface area contributed by atoms with Crippen molar-refractivity contribution in [3.63, 3.8) is 0 Å². The number of hydrogen-bond donors (Lipinski definition) is 5. The topological polar surface area (TPSA) is 178 Å². The molecule has 5 rings (SSSR count). The van der Waals surface area contributed by atoms with E-state index in [0.717, 1.165) is 11.3 Å². The predicted octanol–water partition coefficient (Wildman–Crippen LogP) is 18.5. The molecule has 0 unspecified atom stereocenters. The van der Waals surface area contributed by atoms with Gasteiger partial charge in [0.1, 0.15) is 23.6 Å². The lowest BCUT2D eigenvalue weighted by molar-refractivity contribution is -0.124. The third-order valence-corrected chi connectivity index (χ3v) is 30.0. The summed E-state index contributed by atoms with van der Waals surface area (Å²) < 4.78 is 25.6. The first-order valence-electron chi connectivity index (χ1n) is 25.9. The first kappa shape index (κ1) is 70.7. The van der Waals surface area contributed by atoms with Gasteiger partial charge in [-0.2, -0.15) is 0 Å². The number of aromatic nitrogens is 2. The summed E-state index contributed by atoms with van der Waals surface area (Å²) in [6.45, 7) is 54.2. The number of amides is 2. The molecule has 5 N–H and O–H groups in total. The van der Waals surface area contributed by atoms with Crippen molar-refractivity contribution in [2.45, 2.75) is 169 Å². The van der Waals surface area contributed by atoms with Gasteiger partial charge in [0.05, 0.1) is 50.8 Å². The Morgan fingerprint density at radius 1 is 0.667 bits per heavy atom. The van der Waals surface area contributed by atoms with E-state index in [-0.39, 0.29) is 48.8 Å². The number of benzene rings is 4. The average Bonchev–Trinajstić information content (AvgIpc) is 3.93. The third-order valence-electron chi connectivity index (χ3n) is 15.0. The number of anilines is 2. The van der Waals surface area contributed by atoms with Crippen LogP contribution in [0.15, 0.2) is 65.1 Å². The lowest BCUT2D eigenvalue weighted by Gasteiger charge is -2.40. The SMILES string of the molecule is ClCCl.[C-]#[N+]c1ccc(N[C@@H](C(=O)NNC(=O)c2ccc(O[Si](C)(C)C(C)(C)C)c(Cl)c2)[C@@H](C)O[Si](C)(C)C(C)(C)C)c(C)c1Cl.[C-]#[N+]c1ccc(N[C@@H](c2nnc(-c3ccc(O)c(Cl)c3)o2)[C@@H](C)O[Si](C)(C)C(C)(C)C)c(C)c1Cl. The lowest BCUT2D eigenvalue weighted by atomic mass is 10.1. The van der Waals surface area contributed by atoms with Gasteiger partial charge in [-0.1, -0.05) is 121 Å². The van der Waals surface area contributed by atoms with Crippen molar-refractivity contribution in [3.8, 4) is 23.0 Å². The molecular formula is C57H78Cl6N8O7Si3. The van der Waals surface area contributed by atoms with E-state index >= 15 is 0 Å². The number of hydrazine groups is 1. The number of nitrogens with zero attached hydrogens (tertiary/aromatic N) is 4. The highest BCUT2D eigenvalue weighted by Gasteiger charge is 2.43. The molecule has 0 bridgehead atoms. The molecule has 2 amide bonds. The molecule has 4 aromatic carbocycles. The fourth-order valence-electron chi connectivity index (χ4n) is 6.90. The average molecular weight is 1280 g/mol. The summed E-state index contributed by atoms with van der Waals surface area (Å²) in [5, 5.41) is 26.2. The maximum absolute atomic E-state index is 13.6. The number of phenolic OH excluding ortho intramolecular Hbond substituents is 1. The summed E-state index contributed by atoms with van der Waals surface area (Å²) in [4.78, 5) is 33.5. The molecule has 81 heavy (non-hydrogen) atoms. The molecule has 0 aliphatic carbocycles. The molecule has 4 atom stereocenters. The number of rotatable bonds is 16. The van der Waals surface area contributed by atoms with E-state index in [2.05, 4.69) is 143 Å². The number of halogens is 6. The maximum atomic E-state index is 13.6. The summed E-state index contributed by atoms with van der Waals surface area (Å²) in [5.74, 6) is 0.0561. The number of nitrogens with one attached hydrogen (secondary N) is 4. The van der Waals surface area contributed by atoms with E-state index in [0.29, 0.717) is 54.9 Å². The molecule has 1 heterocycles. The van der Waals surface area contributed by atoms with Crippen LogP contribution in [0.5, 0.6) is 11.5 Å². The first-order valence-corrected chi connectivity index (χ1v) is 37.2. The molecule has 0 aliphatic rings. The lowest BCUT2D eigenvalue weighted by Crippen LogP contribution is -2.55. The molecule has 24 heteroatoms. The minimum absolute atomic E-state index is 0.00507. The van der Waals surface area contributed by atoms with Gasteiger partial charge < -0.3 is 33.4 Å². The second kappa shape index (κ2) is 28.8. The number of carbonyl (C=O) groups excluding carboxylic acids is 2. The van der Waals surface area contributed by atoms with E-state index in [9.17, 15) is 14.7 Å². The van der Waals surface area contributed by atoms with Crippen LogP contribution >= 0.6 is 69.6 Å². The molecule has 0 saturated heterocycles. The first-order chi connectivity index (χ1) is 37.2. The van der Waals surface area contributed by atoms with Crippen LogP contribution in [0.1, 0.15) is 110 Å².